The number of para-hydroxylation sites is 1. The van der Waals surface area contributed by atoms with Crippen molar-refractivity contribution in [3.05, 3.63) is 101 Å². The zero-order valence-electron chi connectivity index (χ0n) is 17.8. The number of alkyl halides is 3. The topological polar surface area (TPSA) is 63.0 Å². The molecule has 0 saturated carbocycles. The van der Waals surface area contributed by atoms with Gasteiger partial charge in [-0.25, -0.2) is 0 Å². The minimum absolute atomic E-state index is 0.152. The molecule has 1 atom stereocenters. The number of halogens is 3. The minimum Gasteiger partial charge on any atom is -0.488 e. The van der Waals surface area contributed by atoms with Crippen LogP contribution in [0.15, 0.2) is 89.1 Å². The van der Waals surface area contributed by atoms with E-state index in [9.17, 15) is 18.0 Å². The Morgan fingerprint density at radius 2 is 1.71 bits per heavy atom. The van der Waals surface area contributed by atoms with Crippen molar-refractivity contribution >= 4 is 29.1 Å². The SMILES string of the molecule is O=C1N/C(=N\N=C\c2ccccc2OCc2ccccc2)SC1Cc1cccc(C(F)(F)F)c1. The van der Waals surface area contributed by atoms with Crippen molar-refractivity contribution in [3.63, 3.8) is 0 Å². The monoisotopic (exact) mass is 483 g/mol. The van der Waals surface area contributed by atoms with E-state index >= 15 is 0 Å². The van der Waals surface area contributed by atoms with E-state index < -0.39 is 17.0 Å². The first-order valence-corrected chi connectivity index (χ1v) is 11.3. The second kappa shape index (κ2) is 10.6. The third-order valence-corrected chi connectivity index (χ3v) is 6.03. The molecule has 0 aromatic heterocycles. The summed E-state index contributed by atoms with van der Waals surface area (Å²) < 4.78 is 44.7. The number of hydrogen-bond acceptors (Lipinski definition) is 5. The van der Waals surface area contributed by atoms with Crippen molar-refractivity contribution in [1.29, 1.82) is 0 Å². The van der Waals surface area contributed by atoms with Crippen molar-refractivity contribution in [2.24, 2.45) is 10.2 Å². The van der Waals surface area contributed by atoms with Gasteiger partial charge in [0.05, 0.1) is 17.0 Å². The molecular weight excluding hydrogens is 463 g/mol. The molecule has 1 amide bonds. The minimum atomic E-state index is -4.43. The summed E-state index contributed by atoms with van der Waals surface area (Å²) in [6.07, 6.45) is -2.75. The number of carbonyl (C=O) groups is 1. The lowest BCUT2D eigenvalue weighted by Gasteiger charge is -2.10. The lowest BCUT2D eigenvalue weighted by atomic mass is 10.1. The van der Waals surface area contributed by atoms with Gasteiger partial charge in [0.25, 0.3) is 0 Å². The molecule has 34 heavy (non-hydrogen) atoms. The number of amidine groups is 1. The van der Waals surface area contributed by atoms with Crippen LogP contribution in [0.5, 0.6) is 5.75 Å². The molecular formula is C25H20F3N3O2S. The fourth-order valence-electron chi connectivity index (χ4n) is 3.27. The van der Waals surface area contributed by atoms with E-state index in [4.69, 9.17) is 4.74 Å². The summed E-state index contributed by atoms with van der Waals surface area (Å²) in [6.45, 7) is 0.406. The second-order valence-electron chi connectivity index (χ2n) is 7.46. The number of nitrogens with zero attached hydrogens (tertiary/aromatic N) is 2. The summed E-state index contributed by atoms with van der Waals surface area (Å²) in [7, 11) is 0. The molecule has 0 spiro atoms. The standard InChI is InChI=1S/C25H20F3N3O2S/c26-25(27,28)20-11-6-9-18(13-20)14-22-23(32)30-24(34-22)31-29-15-19-10-4-5-12-21(19)33-16-17-7-2-1-3-8-17/h1-13,15,22H,14,16H2,(H,30,31,32)/b29-15+. The van der Waals surface area contributed by atoms with Gasteiger partial charge in [0.1, 0.15) is 12.4 Å². The average molecular weight is 484 g/mol. The first-order chi connectivity index (χ1) is 16.4. The maximum absolute atomic E-state index is 12.9. The van der Waals surface area contributed by atoms with E-state index in [0.29, 0.717) is 23.1 Å². The lowest BCUT2D eigenvalue weighted by molar-refractivity contribution is -0.137. The molecule has 0 aliphatic carbocycles. The lowest BCUT2D eigenvalue weighted by Crippen LogP contribution is -2.26. The van der Waals surface area contributed by atoms with Gasteiger partial charge in [-0.1, -0.05) is 72.4 Å². The van der Waals surface area contributed by atoms with E-state index in [1.165, 1.54) is 12.3 Å². The van der Waals surface area contributed by atoms with Gasteiger partial charge in [0.15, 0.2) is 5.17 Å². The summed E-state index contributed by atoms with van der Waals surface area (Å²) in [5, 5.41) is 10.5. The Labute approximate surface area is 198 Å². The highest BCUT2D eigenvalue weighted by atomic mass is 32.2. The van der Waals surface area contributed by atoms with Crippen LogP contribution in [0.25, 0.3) is 0 Å². The molecule has 1 fully saturated rings. The van der Waals surface area contributed by atoms with Gasteiger partial charge < -0.3 is 10.1 Å². The van der Waals surface area contributed by atoms with Crippen molar-refractivity contribution in [1.82, 2.24) is 5.32 Å². The molecule has 0 radical (unpaired) electrons. The first-order valence-electron chi connectivity index (χ1n) is 10.4. The van der Waals surface area contributed by atoms with E-state index in [2.05, 4.69) is 15.5 Å². The molecule has 1 N–H and O–H groups in total. The summed E-state index contributed by atoms with van der Waals surface area (Å²) in [4.78, 5) is 12.3. The molecule has 9 heteroatoms. The zero-order chi connectivity index (χ0) is 24.0. The van der Waals surface area contributed by atoms with Crippen LogP contribution in [0.2, 0.25) is 0 Å². The van der Waals surface area contributed by atoms with Crippen LogP contribution in [0.1, 0.15) is 22.3 Å². The Hall–Kier alpha value is -3.59. The molecule has 4 rings (SSSR count). The Bertz CT molecular complexity index is 1210. The van der Waals surface area contributed by atoms with E-state index in [-0.39, 0.29) is 12.3 Å². The molecule has 1 aliphatic heterocycles. The Morgan fingerprint density at radius 3 is 2.50 bits per heavy atom. The van der Waals surface area contributed by atoms with E-state index in [1.54, 1.807) is 6.07 Å². The number of hydrogen-bond donors (Lipinski definition) is 1. The number of nitrogens with one attached hydrogen (secondary N) is 1. The predicted molar refractivity (Wildman–Crippen MR) is 127 cm³/mol. The quantitative estimate of drug-likeness (QED) is 0.359. The highest BCUT2D eigenvalue weighted by Crippen LogP contribution is 2.31. The van der Waals surface area contributed by atoms with Crippen molar-refractivity contribution in [2.45, 2.75) is 24.5 Å². The number of thioether (sulfide) groups is 1. The highest BCUT2D eigenvalue weighted by Gasteiger charge is 2.33. The maximum Gasteiger partial charge on any atom is 0.416 e. The fourth-order valence-corrected chi connectivity index (χ4v) is 4.24. The molecule has 174 valence electrons. The van der Waals surface area contributed by atoms with Crippen molar-refractivity contribution in [3.8, 4) is 5.75 Å². The van der Waals surface area contributed by atoms with Gasteiger partial charge in [-0.05, 0) is 35.7 Å². The van der Waals surface area contributed by atoms with Crippen LogP contribution in [0.4, 0.5) is 13.2 Å². The van der Waals surface area contributed by atoms with Gasteiger partial charge >= 0.3 is 6.18 Å². The number of carbonyl (C=O) groups excluding carboxylic acids is 1. The van der Waals surface area contributed by atoms with Crippen LogP contribution < -0.4 is 10.1 Å². The van der Waals surface area contributed by atoms with Crippen LogP contribution >= 0.6 is 11.8 Å². The normalized spacial score (nSPS) is 17.3. The van der Waals surface area contributed by atoms with Crippen molar-refractivity contribution in [2.75, 3.05) is 0 Å². The fraction of sp³-hybridized carbons (Fsp3) is 0.160. The first kappa shape index (κ1) is 23.6. The van der Waals surface area contributed by atoms with Crippen LogP contribution in [-0.2, 0) is 24.0 Å². The number of amides is 1. The van der Waals surface area contributed by atoms with Gasteiger partial charge in [0.2, 0.25) is 5.91 Å². The molecule has 5 nitrogen and oxygen atoms in total. The van der Waals surface area contributed by atoms with Crippen LogP contribution in [0, 0.1) is 0 Å². The molecule has 3 aromatic carbocycles. The number of ether oxygens (including phenoxy) is 1. The number of benzene rings is 3. The van der Waals surface area contributed by atoms with Crippen LogP contribution in [0.3, 0.4) is 0 Å². The highest BCUT2D eigenvalue weighted by molar-refractivity contribution is 8.15. The summed E-state index contributed by atoms with van der Waals surface area (Å²) in [6, 6.07) is 22.1. The van der Waals surface area contributed by atoms with Gasteiger partial charge in [-0.3, -0.25) is 4.79 Å². The Morgan fingerprint density at radius 1 is 0.971 bits per heavy atom. The second-order valence-corrected chi connectivity index (χ2v) is 8.65. The molecule has 1 unspecified atom stereocenters. The largest absolute Gasteiger partial charge is 0.488 e. The summed E-state index contributed by atoms with van der Waals surface area (Å²) >= 11 is 1.14. The molecule has 1 heterocycles. The predicted octanol–water partition coefficient (Wildman–Crippen LogP) is 5.45. The molecule has 0 bridgehead atoms. The summed E-state index contributed by atoms with van der Waals surface area (Å²) in [5.74, 6) is 0.323. The Balaban J connectivity index is 1.39. The van der Waals surface area contributed by atoms with E-state index in [1.807, 2.05) is 54.6 Å². The molecule has 1 aliphatic rings. The van der Waals surface area contributed by atoms with Gasteiger partial charge in [-0.2, -0.15) is 18.3 Å². The van der Waals surface area contributed by atoms with Gasteiger partial charge in [0, 0.05) is 5.56 Å². The maximum atomic E-state index is 12.9. The zero-order valence-corrected chi connectivity index (χ0v) is 18.6. The third-order valence-electron chi connectivity index (χ3n) is 4.95. The Kier molecular flexibility index (Phi) is 7.32. The van der Waals surface area contributed by atoms with Crippen LogP contribution in [-0.4, -0.2) is 22.5 Å². The van der Waals surface area contributed by atoms with Gasteiger partial charge in [-0.15, -0.1) is 5.10 Å². The smallest absolute Gasteiger partial charge is 0.416 e. The van der Waals surface area contributed by atoms with Crippen molar-refractivity contribution < 1.29 is 22.7 Å². The third kappa shape index (κ3) is 6.26. The average Bonchev–Trinajstić information content (AvgIpc) is 3.17. The summed E-state index contributed by atoms with van der Waals surface area (Å²) in [5.41, 5.74) is 1.45. The van der Waals surface area contributed by atoms with E-state index in [0.717, 1.165) is 35.0 Å². The molecule has 3 aromatic rings. The number of rotatable bonds is 7. The molecule has 1 saturated heterocycles.